The minimum atomic E-state index is 0. The van der Waals surface area contributed by atoms with Crippen molar-refractivity contribution in [3.05, 3.63) is 59.2 Å². The van der Waals surface area contributed by atoms with Crippen LogP contribution in [0.1, 0.15) is 16.7 Å². The predicted molar refractivity (Wildman–Crippen MR) is 118 cm³/mol. The van der Waals surface area contributed by atoms with E-state index < -0.39 is 0 Å². The molecule has 0 bridgehead atoms. The third kappa shape index (κ3) is 6.74. The van der Waals surface area contributed by atoms with Gasteiger partial charge in [0.2, 0.25) is 0 Å². The van der Waals surface area contributed by atoms with Crippen molar-refractivity contribution in [2.24, 2.45) is 4.99 Å². The first kappa shape index (κ1) is 22.1. The molecule has 0 saturated carbocycles. The van der Waals surface area contributed by atoms with E-state index in [0.29, 0.717) is 6.54 Å². The molecule has 142 valence electrons. The van der Waals surface area contributed by atoms with E-state index in [1.165, 1.54) is 5.56 Å². The first-order valence-corrected chi connectivity index (χ1v) is 8.37. The molecule has 2 aromatic rings. The van der Waals surface area contributed by atoms with Gasteiger partial charge in [0.1, 0.15) is 11.5 Å². The Hall–Kier alpha value is -1.96. The number of aryl methyl sites for hydroxylation is 1. The number of nitrogens with zero attached hydrogens (tertiary/aromatic N) is 1. The Morgan fingerprint density at radius 3 is 2.27 bits per heavy atom. The average molecular weight is 469 g/mol. The van der Waals surface area contributed by atoms with Crippen LogP contribution in [0.2, 0.25) is 0 Å². The molecular weight excluding hydrogens is 441 g/mol. The molecule has 0 unspecified atom stereocenters. The molecule has 5 nitrogen and oxygen atoms in total. The summed E-state index contributed by atoms with van der Waals surface area (Å²) in [6.45, 7) is 3.54. The van der Waals surface area contributed by atoms with Crippen molar-refractivity contribution >= 4 is 29.9 Å². The van der Waals surface area contributed by atoms with Crippen molar-refractivity contribution in [3.8, 4) is 11.5 Å². The molecule has 0 radical (unpaired) electrons. The van der Waals surface area contributed by atoms with Gasteiger partial charge in [-0.2, -0.15) is 0 Å². The molecule has 2 N–H and O–H groups in total. The molecule has 2 rings (SSSR count). The molecule has 2 aromatic carbocycles. The zero-order valence-electron chi connectivity index (χ0n) is 15.8. The summed E-state index contributed by atoms with van der Waals surface area (Å²) in [7, 11) is 5.15. The molecule has 6 heteroatoms. The number of benzene rings is 2. The minimum Gasteiger partial charge on any atom is -0.497 e. The van der Waals surface area contributed by atoms with E-state index in [9.17, 15) is 0 Å². The number of guanidine groups is 1. The molecule has 0 aliphatic heterocycles. The van der Waals surface area contributed by atoms with E-state index in [2.05, 4.69) is 39.9 Å². The summed E-state index contributed by atoms with van der Waals surface area (Å²) in [5.41, 5.74) is 3.54. The maximum Gasteiger partial charge on any atom is 0.191 e. The van der Waals surface area contributed by atoms with E-state index in [4.69, 9.17) is 9.47 Å². The fraction of sp³-hybridized carbons (Fsp3) is 0.350. The topological polar surface area (TPSA) is 54.9 Å². The lowest BCUT2D eigenvalue weighted by molar-refractivity contribution is 0.411. The van der Waals surface area contributed by atoms with Crippen molar-refractivity contribution in [2.45, 2.75) is 19.9 Å². The van der Waals surface area contributed by atoms with Crippen LogP contribution in [0.5, 0.6) is 11.5 Å². The van der Waals surface area contributed by atoms with Gasteiger partial charge in [0.25, 0.3) is 0 Å². The van der Waals surface area contributed by atoms with Crippen molar-refractivity contribution in [2.75, 3.05) is 27.8 Å². The second-order valence-corrected chi connectivity index (χ2v) is 5.75. The monoisotopic (exact) mass is 469 g/mol. The molecule has 0 aliphatic rings. The highest BCUT2D eigenvalue weighted by molar-refractivity contribution is 14.0. The molecule has 0 atom stereocenters. The minimum absolute atomic E-state index is 0. The van der Waals surface area contributed by atoms with Crippen molar-refractivity contribution in [1.82, 2.24) is 10.6 Å². The van der Waals surface area contributed by atoms with Crippen LogP contribution < -0.4 is 20.1 Å². The lowest BCUT2D eigenvalue weighted by Gasteiger charge is -2.13. The number of ether oxygens (including phenoxy) is 2. The molecule has 0 saturated heterocycles. The summed E-state index contributed by atoms with van der Waals surface area (Å²) < 4.78 is 10.5. The van der Waals surface area contributed by atoms with Crippen LogP contribution in [0.15, 0.2) is 47.5 Å². The first-order chi connectivity index (χ1) is 12.2. The van der Waals surface area contributed by atoms with Gasteiger partial charge < -0.3 is 20.1 Å². The summed E-state index contributed by atoms with van der Waals surface area (Å²) in [6, 6.07) is 14.3. The summed E-state index contributed by atoms with van der Waals surface area (Å²) >= 11 is 0. The number of rotatable bonds is 7. The molecule has 0 amide bonds. The Balaban J connectivity index is 0.00000338. The van der Waals surface area contributed by atoms with Gasteiger partial charge in [-0.3, -0.25) is 4.99 Å². The van der Waals surface area contributed by atoms with Crippen molar-refractivity contribution in [3.63, 3.8) is 0 Å². The maximum absolute atomic E-state index is 5.37. The smallest absolute Gasteiger partial charge is 0.191 e. The van der Waals surface area contributed by atoms with Crippen LogP contribution in [-0.4, -0.2) is 33.8 Å². The highest BCUT2D eigenvalue weighted by Crippen LogP contribution is 2.18. The number of halogens is 1. The molecule has 0 heterocycles. The highest BCUT2D eigenvalue weighted by Gasteiger charge is 2.02. The quantitative estimate of drug-likeness (QED) is 0.370. The normalized spacial score (nSPS) is 10.7. The van der Waals surface area contributed by atoms with Gasteiger partial charge in [0.05, 0.1) is 14.2 Å². The maximum atomic E-state index is 5.37. The summed E-state index contributed by atoms with van der Waals surface area (Å²) in [5, 5.41) is 6.66. The molecule has 26 heavy (non-hydrogen) atoms. The zero-order valence-corrected chi connectivity index (χ0v) is 18.2. The Morgan fingerprint density at radius 2 is 1.65 bits per heavy atom. The Bertz CT molecular complexity index is 703. The first-order valence-electron chi connectivity index (χ1n) is 8.37. The zero-order chi connectivity index (χ0) is 18.1. The summed E-state index contributed by atoms with van der Waals surface area (Å²) in [4.78, 5) is 4.26. The van der Waals surface area contributed by atoms with Crippen LogP contribution in [0.3, 0.4) is 0 Å². The van der Waals surface area contributed by atoms with E-state index in [1.54, 1.807) is 21.3 Å². The largest absolute Gasteiger partial charge is 0.497 e. The molecular formula is C20H28IN3O2. The second-order valence-electron chi connectivity index (χ2n) is 5.75. The molecule has 0 fully saturated rings. The third-order valence-electron chi connectivity index (χ3n) is 4.02. The SMILES string of the molecule is CN=C(NCCc1ccc(OC)cc1)NCc1ccc(C)c(OC)c1.I. The van der Waals surface area contributed by atoms with Gasteiger partial charge in [-0.25, -0.2) is 0 Å². The van der Waals surface area contributed by atoms with E-state index in [1.807, 2.05) is 25.1 Å². The number of hydrogen-bond acceptors (Lipinski definition) is 3. The van der Waals surface area contributed by atoms with Crippen LogP contribution in [0, 0.1) is 6.92 Å². The van der Waals surface area contributed by atoms with Gasteiger partial charge in [0, 0.05) is 20.1 Å². The summed E-state index contributed by atoms with van der Waals surface area (Å²) in [5.74, 6) is 2.57. The van der Waals surface area contributed by atoms with Crippen molar-refractivity contribution in [1.29, 1.82) is 0 Å². The fourth-order valence-corrected chi connectivity index (χ4v) is 2.50. The molecule has 0 aromatic heterocycles. The molecule has 0 spiro atoms. The van der Waals surface area contributed by atoms with Crippen LogP contribution in [0.4, 0.5) is 0 Å². The number of hydrogen-bond donors (Lipinski definition) is 2. The standard InChI is InChI=1S/C20H27N3O2.HI/c1-15-5-6-17(13-19(15)25-4)14-23-20(21-2)22-12-11-16-7-9-18(24-3)10-8-16;/h5-10,13H,11-12,14H2,1-4H3,(H2,21,22,23);1H. The number of methoxy groups -OCH3 is 2. The fourth-order valence-electron chi connectivity index (χ4n) is 2.50. The van der Waals surface area contributed by atoms with Gasteiger partial charge in [-0.1, -0.05) is 24.3 Å². The van der Waals surface area contributed by atoms with E-state index >= 15 is 0 Å². The van der Waals surface area contributed by atoms with Crippen LogP contribution in [-0.2, 0) is 13.0 Å². The Morgan fingerprint density at radius 1 is 0.962 bits per heavy atom. The highest BCUT2D eigenvalue weighted by atomic mass is 127. The molecule has 0 aliphatic carbocycles. The van der Waals surface area contributed by atoms with E-state index in [0.717, 1.165) is 41.6 Å². The van der Waals surface area contributed by atoms with Crippen LogP contribution >= 0.6 is 24.0 Å². The Kier molecular flexibility index (Phi) is 9.87. The number of aliphatic imine (C=N–C) groups is 1. The van der Waals surface area contributed by atoms with Crippen LogP contribution in [0.25, 0.3) is 0 Å². The van der Waals surface area contributed by atoms with Gasteiger partial charge >= 0.3 is 0 Å². The lowest BCUT2D eigenvalue weighted by atomic mass is 10.1. The van der Waals surface area contributed by atoms with Gasteiger partial charge in [-0.05, 0) is 48.2 Å². The van der Waals surface area contributed by atoms with Crippen molar-refractivity contribution < 1.29 is 9.47 Å². The summed E-state index contributed by atoms with van der Waals surface area (Å²) in [6.07, 6.45) is 0.920. The third-order valence-corrected chi connectivity index (χ3v) is 4.02. The predicted octanol–water partition coefficient (Wildman–Crippen LogP) is 3.54. The lowest BCUT2D eigenvalue weighted by Crippen LogP contribution is -2.37. The number of nitrogens with one attached hydrogen (secondary N) is 2. The average Bonchev–Trinajstić information content (AvgIpc) is 2.66. The Labute approximate surface area is 173 Å². The van der Waals surface area contributed by atoms with Gasteiger partial charge in [0.15, 0.2) is 5.96 Å². The van der Waals surface area contributed by atoms with Gasteiger partial charge in [-0.15, -0.1) is 24.0 Å². The second kappa shape index (κ2) is 11.6. The van der Waals surface area contributed by atoms with E-state index in [-0.39, 0.29) is 24.0 Å².